The fourth-order valence-corrected chi connectivity index (χ4v) is 2.30. The molecule has 0 atom stereocenters. The first-order valence-electron chi connectivity index (χ1n) is 6.94. The summed E-state index contributed by atoms with van der Waals surface area (Å²) in [6.45, 7) is 4.64. The highest BCUT2D eigenvalue weighted by molar-refractivity contribution is 7.91. The third-order valence-corrected chi connectivity index (χ3v) is 4.56. The molecule has 0 heterocycles. The standard InChI is InChI=1S/C14H22FN3O2S/c1-3-16-14(17-9-10-21(19,20)4-2)18-11-12-7-5-6-8-13(12)15/h5-8H,3-4,9-11H2,1-2H3,(H2,16,17,18). The lowest BCUT2D eigenvalue weighted by Gasteiger charge is -2.11. The summed E-state index contributed by atoms with van der Waals surface area (Å²) in [5.41, 5.74) is 0.496. The topological polar surface area (TPSA) is 70.6 Å². The molecule has 0 saturated heterocycles. The molecule has 1 aromatic rings. The first-order chi connectivity index (χ1) is 9.98. The summed E-state index contributed by atoms with van der Waals surface area (Å²) < 4.78 is 36.3. The van der Waals surface area contributed by atoms with Crippen LogP contribution in [0.25, 0.3) is 0 Å². The van der Waals surface area contributed by atoms with Crippen molar-refractivity contribution in [1.29, 1.82) is 0 Å². The number of hydrogen-bond donors (Lipinski definition) is 2. The van der Waals surface area contributed by atoms with Gasteiger partial charge in [0.15, 0.2) is 15.8 Å². The zero-order chi connectivity index (χ0) is 15.7. The van der Waals surface area contributed by atoms with Crippen LogP contribution < -0.4 is 10.6 Å². The largest absolute Gasteiger partial charge is 0.357 e. The lowest BCUT2D eigenvalue weighted by Crippen LogP contribution is -2.39. The van der Waals surface area contributed by atoms with Gasteiger partial charge in [-0.05, 0) is 13.0 Å². The third-order valence-electron chi connectivity index (χ3n) is 2.85. The maximum Gasteiger partial charge on any atom is 0.191 e. The van der Waals surface area contributed by atoms with Crippen molar-refractivity contribution in [2.24, 2.45) is 4.99 Å². The molecule has 0 aliphatic rings. The summed E-state index contributed by atoms with van der Waals surface area (Å²) in [4.78, 5) is 4.25. The van der Waals surface area contributed by atoms with E-state index in [4.69, 9.17) is 0 Å². The van der Waals surface area contributed by atoms with E-state index in [0.717, 1.165) is 0 Å². The molecule has 0 spiro atoms. The van der Waals surface area contributed by atoms with E-state index in [0.29, 0.717) is 18.1 Å². The second-order valence-electron chi connectivity index (χ2n) is 4.45. The Bertz CT molecular complexity index is 573. The minimum absolute atomic E-state index is 0.0492. The van der Waals surface area contributed by atoms with Crippen molar-refractivity contribution in [3.05, 3.63) is 35.6 Å². The quantitative estimate of drug-likeness (QED) is 0.588. The first-order valence-corrected chi connectivity index (χ1v) is 8.76. The Morgan fingerprint density at radius 3 is 2.57 bits per heavy atom. The van der Waals surface area contributed by atoms with Crippen LogP contribution in [0.5, 0.6) is 0 Å². The molecule has 0 fully saturated rings. The normalized spacial score (nSPS) is 12.2. The van der Waals surface area contributed by atoms with Crippen LogP contribution >= 0.6 is 0 Å². The van der Waals surface area contributed by atoms with Crippen LogP contribution in [0.2, 0.25) is 0 Å². The van der Waals surface area contributed by atoms with E-state index in [1.807, 2.05) is 6.92 Å². The van der Waals surface area contributed by atoms with Crippen LogP contribution in [0.3, 0.4) is 0 Å². The third kappa shape index (κ3) is 6.57. The second-order valence-corrected chi connectivity index (χ2v) is 6.92. The second kappa shape index (κ2) is 8.61. The molecule has 7 heteroatoms. The molecule has 21 heavy (non-hydrogen) atoms. The predicted molar refractivity (Wildman–Crippen MR) is 83.5 cm³/mol. The number of rotatable bonds is 7. The van der Waals surface area contributed by atoms with Gasteiger partial charge in [0.1, 0.15) is 5.82 Å². The molecule has 0 amide bonds. The molecule has 1 rings (SSSR count). The molecule has 118 valence electrons. The fourth-order valence-electron chi connectivity index (χ4n) is 1.60. The van der Waals surface area contributed by atoms with Gasteiger partial charge in [-0.3, -0.25) is 0 Å². The van der Waals surface area contributed by atoms with Crippen LogP contribution in [0.4, 0.5) is 4.39 Å². The SMILES string of the molecule is CCNC(=NCc1ccccc1F)NCCS(=O)(=O)CC. The van der Waals surface area contributed by atoms with E-state index in [1.165, 1.54) is 6.07 Å². The zero-order valence-electron chi connectivity index (χ0n) is 12.4. The van der Waals surface area contributed by atoms with Crippen LogP contribution in [-0.4, -0.2) is 39.0 Å². The smallest absolute Gasteiger partial charge is 0.191 e. The fraction of sp³-hybridized carbons (Fsp3) is 0.500. The monoisotopic (exact) mass is 315 g/mol. The number of aliphatic imine (C=N–C) groups is 1. The van der Waals surface area contributed by atoms with Crippen LogP contribution in [0, 0.1) is 5.82 Å². The van der Waals surface area contributed by atoms with Gasteiger partial charge in [-0.25, -0.2) is 17.8 Å². The minimum atomic E-state index is -3.01. The van der Waals surface area contributed by atoms with E-state index >= 15 is 0 Å². The Kier molecular flexibility index (Phi) is 7.14. The molecule has 5 nitrogen and oxygen atoms in total. The summed E-state index contributed by atoms with van der Waals surface area (Å²) in [7, 11) is -3.01. The van der Waals surface area contributed by atoms with E-state index in [9.17, 15) is 12.8 Å². The number of hydrogen-bond acceptors (Lipinski definition) is 3. The molecule has 2 N–H and O–H groups in total. The average Bonchev–Trinajstić information content (AvgIpc) is 2.46. The van der Waals surface area contributed by atoms with Gasteiger partial charge in [0.2, 0.25) is 0 Å². The van der Waals surface area contributed by atoms with Crippen molar-refractivity contribution in [3.8, 4) is 0 Å². The maximum absolute atomic E-state index is 13.5. The Balaban J connectivity index is 2.60. The van der Waals surface area contributed by atoms with Gasteiger partial charge in [0.25, 0.3) is 0 Å². The first kappa shape index (κ1) is 17.4. The van der Waals surface area contributed by atoms with Crippen molar-refractivity contribution in [2.45, 2.75) is 20.4 Å². The highest BCUT2D eigenvalue weighted by Gasteiger charge is 2.07. The van der Waals surface area contributed by atoms with E-state index in [1.54, 1.807) is 25.1 Å². The molecule has 1 aromatic carbocycles. The Morgan fingerprint density at radius 2 is 1.95 bits per heavy atom. The predicted octanol–water partition coefficient (Wildman–Crippen LogP) is 1.32. The number of nitrogens with zero attached hydrogens (tertiary/aromatic N) is 1. The molecule has 0 aliphatic carbocycles. The number of halogens is 1. The van der Waals surface area contributed by atoms with Gasteiger partial charge >= 0.3 is 0 Å². The Morgan fingerprint density at radius 1 is 1.24 bits per heavy atom. The number of benzene rings is 1. The molecule has 0 unspecified atom stereocenters. The van der Waals surface area contributed by atoms with Gasteiger partial charge in [-0.2, -0.15) is 0 Å². The van der Waals surface area contributed by atoms with Crippen LogP contribution in [0.15, 0.2) is 29.3 Å². The summed E-state index contributed by atoms with van der Waals surface area (Å²) in [5.74, 6) is 0.350. The van der Waals surface area contributed by atoms with Crippen molar-refractivity contribution < 1.29 is 12.8 Å². The van der Waals surface area contributed by atoms with Gasteiger partial charge in [0, 0.05) is 24.4 Å². The molecular formula is C14H22FN3O2S. The Labute approximate surface area is 125 Å². The van der Waals surface area contributed by atoms with E-state index in [-0.39, 0.29) is 30.4 Å². The van der Waals surface area contributed by atoms with Crippen molar-refractivity contribution >= 4 is 15.8 Å². The van der Waals surface area contributed by atoms with Gasteiger partial charge < -0.3 is 10.6 Å². The molecule has 0 aromatic heterocycles. The summed E-state index contributed by atoms with van der Waals surface area (Å²) in [5, 5.41) is 5.94. The number of guanidine groups is 1. The van der Waals surface area contributed by atoms with Gasteiger partial charge in [-0.1, -0.05) is 25.1 Å². The summed E-state index contributed by atoms with van der Waals surface area (Å²) in [6.07, 6.45) is 0. The lowest BCUT2D eigenvalue weighted by molar-refractivity contribution is 0.595. The molecule has 0 radical (unpaired) electrons. The van der Waals surface area contributed by atoms with Crippen molar-refractivity contribution in [1.82, 2.24) is 10.6 Å². The summed E-state index contributed by atoms with van der Waals surface area (Å²) >= 11 is 0. The molecular weight excluding hydrogens is 293 g/mol. The van der Waals surface area contributed by atoms with Gasteiger partial charge in [0.05, 0.1) is 12.3 Å². The zero-order valence-corrected chi connectivity index (χ0v) is 13.2. The molecule has 0 saturated carbocycles. The molecule has 0 bridgehead atoms. The van der Waals surface area contributed by atoms with Crippen molar-refractivity contribution in [2.75, 3.05) is 24.6 Å². The summed E-state index contributed by atoms with van der Waals surface area (Å²) in [6, 6.07) is 6.44. The Hall–Kier alpha value is -1.63. The van der Waals surface area contributed by atoms with E-state index in [2.05, 4.69) is 15.6 Å². The minimum Gasteiger partial charge on any atom is -0.357 e. The van der Waals surface area contributed by atoms with Crippen LogP contribution in [-0.2, 0) is 16.4 Å². The highest BCUT2D eigenvalue weighted by Crippen LogP contribution is 2.07. The van der Waals surface area contributed by atoms with Gasteiger partial charge in [-0.15, -0.1) is 0 Å². The van der Waals surface area contributed by atoms with Crippen molar-refractivity contribution in [3.63, 3.8) is 0 Å². The van der Waals surface area contributed by atoms with E-state index < -0.39 is 9.84 Å². The van der Waals surface area contributed by atoms with Crippen LogP contribution in [0.1, 0.15) is 19.4 Å². The lowest BCUT2D eigenvalue weighted by atomic mass is 10.2. The maximum atomic E-state index is 13.5. The highest BCUT2D eigenvalue weighted by atomic mass is 32.2. The number of nitrogens with one attached hydrogen (secondary N) is 2. The number of sulfone groups is 1. The molecule has 0 aliphatic heterocycles. The average molecular weight is 315 g/mol.